The molecule has 1 aromatic heterocycles. The molecule has 2 N–H and O–H groups in total. The zero-order chi connectivity index (χ0) is 9.68. The first-order chi connectivity index (χ1) is 6.22. The highest BCUT2D eigenvalue weighted by molar-refractivity contribution is 5.24. The lowest BCUT2D eigenvalue weighted by Gasteiger charge is -2.13. The van der Waals surface area contributed by atoms with Crippen LogP contribution in [0, 0.1) is 0 Å². The molecule has 1 aromatic rings. The molecule has 0 saturated carbocycles. The van der Waals surface area contributed by atoms with Crippen LogP contribution in [0.3, 0.4) is 0 Å². The van der Waals surface area contributed by atoms with E-state index in [0.717, 1.165) is 25.3 Å². The number of rotatable bonds is 4. The Morgan fingerprint density at radius 3 is 2.92 bits per heavy atom. The van der Waals surface area contributed by atoms with Gasteiger partial charge in [-0.3, -0.25) is 4.90 Å². The molecule has 0 aliphatic heterocycles. The molecule has 4 heteroatoms. The largest absolute Gasteiger partial charge is 0.384 e. The summed E-state index contributed by atoms with van der Waals surface area (Å²) in [6.45, 7) is 3.97. The van der Waals surface area contributed by atoms with Crippen LogP contribution in [0.1, 0.15) is 19.2 Å². The highest BCUT2D eigenvalue weighted by Crippen LogP contribution is 1.99. The van der Waals surface area contributed by atoms with Gasteiger partial charge in [0.15, 0.2) is 0 Å². The van der Waals surface area contributed by atoms with Gasteiger partial charge in [-0.2, -0.15) is 0 Å². The third kappa shape index (κ3) is 3.38. The first-order valence-electron chi connectivity index (χ1n) is 4.48. The highest BCUT2D eigenvalue weighted by Gasteiger charge is 2.01. The van der Waals surface area contributed by atoms with Crippen molar-refractivity contribution in [1.29, 1.82) is 0 Å². The summed E-state index contributed by atoms with van der Waals surface area (Å²) in [5.41, 5.74) is 5.54. The molecule has 0 unspecified atom stereocenters. The van der Waals surface area contributed by atoms with Crippen LogP contribution in [0.15, 0.2) is 12.3 Å². The number of hydrogen-bond donors (Lipinski definition) is 1. The van der Waals surface area contributed by atoms with Gasteiger partial charge in [-0.25, -0.2) is 9.97 Å². The van der Waals surface area contributed by atoms with E-state index in [9.17, 15) is 0 Å². The standard InChI is InChI=1S/C9H16N4/c1-3-6-13(2)7-9-11-5-4-8(10)12-9/h4-5H,3,6-7H2,1-2H3,(H2,10,11,12). The fourth-order valence-electron chi connectivity index (χ4n) is 1.19. The molecule has 4 nitrogen and oxygen atoms in total. The molecular formula is C9H16N4. The molecular weight excluding hydrogens is 164 g/mol. The Morgan fingerprint density at radius 1 is 1.54 bits per heavy atom. The lowest BCUT2D eigenvalue weighted by atomic mass is 10.4. The zero-order valence-electron chi connectivity index (χ0n) is 8.20. The van der Waals surface area contributed by atoms with Crippen LogP contribution in [-0.4, -0.2) is 28.5 Å². The van der Waals surface area contributed by atoms with Crippen LogP contribution < -0.4 is 5.73 Å². The summed E-state index contributed by atoms with van der Waals surface area (Å²) in [4.78, 5) is 10.4. The molecule has 0 bridgehead atoms. The maximum atomic E-state index is 5.54. The average Bonchev–Trinajstić information content (AvgIpc) is 2.04. The summed E-state index contributed by atoms with van der Waals surface area (Å²) < 4.78 is 0. The topological polar surface area (TPSA) is 55.0 Å². The molecule has 72 valence electrons. The zero-order valence-corrected chi connectivity index (χ0v) is 8.20. The Labute approximate surface area is 78.8 Å². The molecule has 0 atom stereocenters. The quantitative estimate of drug-likeness (QED) is 0.748. The van der Waals surface area contributed by atoms with Gasteiger partial charge in [0.1, 0.15) is 11.6 Å². The SMILES string of the molecule is CCCN(C)Cc1nccc(N)n1. The van der Waals surface area contributed by atoms with Crippen molar-refractivity contribution in [3.8, 4) is 0 Å². The van der Waals surface area contributed by atoms with Gasteiger partial charge in [0.25, 0.3) is 0 Å². The van der Waals surface area contributed by atoms with E-state index in [2.05, 4.69) is 28.8 Å². The minimum Gasteiger partial charge on any atom is -0.384 e. The molecule has 0 fully saturated rings. The fraction of sp³-hybridized carbons (Fsp3) is 0.556. The van der Waals surface area contributed by atoms with E-state index >= 15 is 0 Å². The van der Waals surface area contributed by atoms with Gasteiger partial charge >= 0.3 is 0 Å². The van der Waals surface area contributed by atoms with Crippen molar-refractivity contribution in [2.24, 2.45) is 0 Å². The number of aromatic nitrogens is 2. The molecule has 1 heterocycles. The Balaban J connectivity index is 2.53. The highest BCUT2D eigenvalue weighted by atomic mass is 15.1. The Kier molecular flexibility index (Phi) is 3.64. The first kappa shape index (κ1) is 9.92. The molecule has 13 heavy (non-hydrogen) atoms. The molecule has 0 spiro atoms. The maximum Gasteiger partial charge on any atom is 0.144 e. The van der Waals surface area contributed by atoms with Gasteiger partial charge in [-0.1, -0.05) is 6.92 Å². The summed E-state index contributed by atoms with van der Waals surface area (Å²) >= 11 is 0. The van der Waals surface area contributed by atoms with Crippen LogP contribution in [-0.2, 0) is 6.54 Å². The Morgan fingerprint density at radius 2 is 2.31 bits per heavy atom. The van der Waals surface area contributed by atoms with E-state index in [1.165, 1.54) is 0 Å². The fourth-order valence-corrected chi connectivity index (χ4v) is 1.19. The average molecular weight is 180 g/mol. The maximum absolute atomic E-state index is 5.54. The van der Waals surface area contributed by atoms with E-state index in [1.54, 1.807) is 12.3 Å². The van der Waals surface area contributed by atoms with Gasteiger partial charge in [0.05, 0.1) is 6.54 Å². The van der Waals surface area contributed by atoms with Crippen molar-refractivity contribution in [2.45, 2.75) is 19.9 Å². The van der Waals surface area contributed by atoms with Gasteiger partial charge in [-0.15, -0.1) is 0 Å². The Hall–Kier alpha value is -1.16. The molecule has 0 saturated heterocycles. The van der Waals surface area contributed by atoms with E-state index < -0.39 is 0 Å². The van der Waals surface area contributed by atoms with Crippen molar-refractivity contribution in [3.63, 3.8) is 0 Å². The minimum absolute atomic E-state index is 0.537. The van der Waals surface area contributed by atoms with Crippen LogP contribution in [0.4, 0.5) is 5.82 Å². The first-order valence-corrected chi connectivity index (χ1v) is 4.48. The molecule has 0 aromatic carbocycles. The lowest BCUT2D eigenvalue weighted by Crippen LogP contribution is -2.20. The Bertz CT molecular complexity index is 262. The van der Waals surface area contributed by atoms with Gasteiger partial charge < -0.3 is 5.73 Å². The number of anilines is 1. The van der Waals surface area contributed by atoms with Crippen LogP contribution >= 0.6 is 0 Å². The summed E-state index contributed by atoms with van der Waals surface area (Å²) in [6.07, 6.45) is 2.83. The molecule has 0 aliphatic carbocycles. The van der Waals surface area contributed by atoms with Crippen molar-refractivity contribution in [2.75, 3.05) is 19.3 Å². The third-order valence-electron chi connectivity index (χ3n) is 1.74. The number of nitrogens with two attached hydrogens (primary N) is 1. The number of hydrogen-bond acceptors (Lipinski definition) is 4. The smallest absolute Gasteiger partial charge is 0.144 e. The summed E-state index contributed by atoms with van der Waals surface area (Å²) in [6, 6.07) is 1.70. The third-order valence-corrected chi connectivity index (χ3v) is 1.74. The second kappa shape index (κ2) is 4.77. The van der Waals surface area contributed by atoms with E-state index in [-0.39, 0.29) is 0 Å². The number of nitrogen functional groups attached to an aromatic ring is 1. The van der Waals surface area contributed by atoms with Gasteiger partial charge in [0.2, 0.25) is 0 Å². The summed E-state index contributed by atoms with van der Waals surface area (Å²) in [5, 5.41) is 0. The molecule has 0 radical (unpaired) electrons. The van der Waals surface area contributed by atoms with Crippen molar-refractivity contribution in [1.82, 2.24) is 14.9 Å². The summed E-state index contributed by atoms with van der Waals surface area (Å²) in [7, 11) is 2.05. The predicted octanol–water partition coefficient (Wildman–Crippen LogP) is 0.901. The second-order valence-electron chi connectivity index (χ2n) is 3.14. The van der Waals surface area contributed by atoms with Crippen molar-refractivity contribution in [3.05, 3.63) is 18.1 Å². The number of nitrogens with zero attached hydrogens (tertiary/aromatic N) is 3. The monoisotopic (exact) mass is 180 g/mol. The van der Waals surface area contributed by atoms with E-state index in [4.69, 9.17) is 5.73 Å². The molecule has 1 rings (SSSR count). The van der Waals surface area contributed by atoms with Crippen LogP contribution in [0.25, 0.3) is 0 Å². The van der Waals surface area contributed by atoms with Crippen LogP contribution in [0.5, 0.6) is 0 Å². The van der Waals surface area contributed by atoms with E-state index in [1.807, 2.05) is 0 Å². The normalized spacial score (nSPS) is 10.7. The van der Waals surface area contributed by atoms with Crippen molar-refractivity contribution < 1.29 is 0 Å². The van der Waals surface area contributed by atoms with Gasteiger partial charge in [0, 0.05) is 6.20 Å². The van der Waals surface area contributed by atoms with Gasteiger partial charge in [-0.05, 0) is 26.1 Å². The second-order valence-corrected chi connectivity index (χ2v) is 3.14. The lowest BCUT2D eigenvalue weighted by molar-refractivity contribution is 0.319. The predicted molar refractivity (Wildman–Crippen MR) is 53.1 cm³/mol. The van der Waals surface area contributed by atoms with E-state index in [0.29, 0.717) is 5.82 Å². The minimum atomic E-state index is 0.537. The molecule has 0 aliphatic rings. The van der Waals surface area contributed by atoms with Crippen molar-refractivity contribution >= 4 is 5.82 Å². The van der Waals surface area contributed by atoms with Crippen LogP contribution in [0.2, 0.25) is 0 Å². The molecule has 0 amide bonds. The summed E-state index contributed by atoms with van der Waals surface area (Å²) in [5.74, 6) is 1.32.